The van der Waals surface area contributed by atoms with Crippen LogP contribution in [-0.2, 0) is 4.79 Å². The summed E-state index contributed by atoms with van der Waals surface area (Å²) in [5.74, 6) is -1.45. The van der Waals surface area contributed by atoms with E-state index in [1.807, 2.05) is 31.5 Å². The monoisotopic (exact) mass is 554 g/mol. The molecule has 1 aliphatic carbocycles. The fourth-order valence-electron chi connectivity index (χ4n) is 5.68. The maximum Gasteiger partial charge on any atom is 0.251 e. The summed E-state index contributed by atoms with van der Waals surface area (Å²) in [5.41, 5.74) is 9.70. The number of anilines is 1. The van der Waals surface area contributed by atoms with E-state index in [0.29, 0.717) is 34.4 Å². The van der Waals surface area contributed by atoms with E-state index < -0.39 is 11.8 Å². The minimum atomic E-state index is -0.653. The van der Waals surface area contributed by atoms with Gasteiger partial charge in [-0.25, -0.2) is 0 Å². The van der Waals surface area contributed by atoms with Crippen LogP contribution in [0.5, 0.6) is 0 Å². The molecule has 8 nitrogen and oxygen atoms in total. The molecular formula is C30H43ClN6O2. The molecule has 1 fully saturated rings. The molecule has 1 aliphatic rings. The Labute approximate surface area is 238 Å². The number of nitrogens with zero attached hydrogens (tertiary/aromatic N) is 4. The molecule has 0 saturated heterocycles. The van der Waals surface area contributed by atoms with Gasteiger partial charge in [0.05, 0.1) is 5.92 Å². The van der Waals surface area contributed by atoms with Crippen molar-refractivity contribution in [3.63, 3.8) is 0 Å². The SMILES string of the molecule is CCN(c1cc(Cl)cc(C(=O)NCC(C(N)=O)C(C)=NC)c1C)C1CCC(N(C)C(C)c2cccnc2)CC1. The van der Waals surface area contributed by atoms with Gasteiger partial charge in [0.25, 0.3) is 5.91 Å². The van der Waals surface area contributed by atoms with E-state index in [9.17, 15) is 9.59 Å². The van der Waals surface area contributed by atoms with Crippen molar-refractivity contribution in [1.29, 1.82) is 0 Å². The summed E-state index contributed by atoms with van der Waals surface area (Å²) < 4.78 is 0. The molecule has 0 spiro atoms. The van der Waals surface area contributed by atoms with Gasteiger partial charge in [0, 0.05) is 72.6 Å². The van der Waals surface area contributed by atoms with Crippen molar-refractivity contribution in [3.05, 3.63) is 58.4 Å². The molecule has 1 heterocycles. The van der Waals surface area contributed by atoms with Crippen LogP contribution in [0.1, 0.15) is 74.0 Å². The Balaban J connectivity index is 1.72. The zero-order valence-corrected chi connectivity index (χ0v) is 24.8. The maximum atomic E-state index is 13.2. The van der Waals surface area contributed by atoms with Crippen LogP contribution in [0.4, 0.5) is 5.69 Å². The third kappa shape index (κ3) is 7.37. The van der Waals surface area contributed by atoms with E-state index in [-0.39, 0.29) is 12.5 Å². The van der Waals surface area contributed by atoms with E-state index in [0.717, 1.165) is 43.5 Å². The predicted octanol–water partition coefficient (Wildman–Crippen LogP) is 4.80. The van der Waals surface area contributed by atoms with Crippen LogP contribution < -0.4 is 16.0 Å². The summed E-state index contributed by atoms with van der Waals surface area (Å²) in [7, 11) is 3.82. The number of carbonyl (C=O) groups is 2. The number of rotatable bonds is 11. The second-order valence-corrected chi connectivity index (χ2v) is 10.9. The number of carbonyl (C=O) groups excluding carboxylic acids is 2. The molecule has 3 N–H and O–H groups in total. The summed E-state index contributed by atoms with van der Waals surface area (Å²) in [6.07, 6.45) is 8.09. The number of pyridine rings is 1. The molecule has 2 aromatic rings. The zero-order valence-electron chi connectivity index (χ0n) is 24.1. The van der Waals surface area contributed by atoms with Crippen LogP contribution >= 0.6 is 11.6 Å². The van der Waals surface area contributed by atoms with Crippen LogP contribution in [0.25, 0.3) is 0 Å². The Morgan fingerprint density at radius 2 is 1.90 bits per heavy atom. The van der Waals surface area contributed by atoms with Crippen molar-refractivity contribution < 1.29 is 9.59 Å². The molecule has 3 rings (SSSR count). The summed E-state index contributed by atoms with van der Waals surface area (Å²) >= 11 is 6.54. The number of primary amides is 1. The summed E-state index contributed by atoms with van der Waals surface area (Å²) in [4.78, 5) is 38.3. The number of aliphatic imine (C=N–C) groups is 1. The van der Waals surface area contributed by atoms with Crippen molar-refractivity contribution >= 4 is 34.8 Å². The smallest absolute Gasteiger partial charge is 0.251 e. The van der Waals surface area contributed by atoms with E-state index in [4.69, 9.17) is 17.3 Å². The number of benzene rings is 1. The second-order valence-electron chi connectivity index (χ2n) is 10.5. The molecule has 9 heteroatoms. The summed E-state index contributed by atoms with van der Waals surface area (Å²) in [6, 6.07) is 8.96. The normalized spacial score (nSPS) is 19.4. The van der Waals surface area contributed by atoms with E-state index in [1.54, 1.807) is 20.0 Å². The highest BCUT2D eigenvalue weighted by atomic mass is 35.5. The van der Waals surface area contributed by atoms with Gasteiger partial charge in [-0.3, -0.25) is 24.5 Å². The van der Waals surface area contributed by atoms with Gasteiger partial charge in [-0.1, -0.05) is 17.7 Å². The number of amides is 2. The minimum Gasteiger partial charge on any atom is -0.369 e. The first kappa shape index (κ1) is 30.6. The van der Waals surface area contributed by atoms with Crippen molar-refractivity contribution in [3.8, 4) is 0 Å². The number of nitrogens with two attached hydrogens (primary N) is 1. The molecule has 1 aromatic heterocycles. The van der Waals surface area contributed by atoms with Gasteiger partial charge >= 0.3 is 0 Å². The Morgan fingerprint density at radius 1 is 1.23 bits per heavy atom. The number of hydrogen-bond acceptors (Lipinski definition) is 6. The quantitative estimate of drug-likeness (QED) is 0.388. The van der Waals surface area contributed by atoms with Crippen LogP contribution in [0.15, 0.2) is 41.7 Å². The Bertz CT molecular complexity index is 1160. The Kier molecular flexibility index (Phi) is 10.9. The molecule has 2 atom stereocenters. The van der Waals surface area contributed by atoms with Crippen molar-refractivity contribution in [1.82, 2.24) is 15.2 Å². The molecule has 0 bridgehead atoms. The predicted molar refractivity (Wildman–Crippen MR) is 160 cm³/mol. The number of hydrogen-bond donors (Lipinski definition) is 2. The summed E-state index contributed by atoms with van der Waals surface area (Å²) in [5, 5.41) is 3.37. The Morgan fingerprint density at radius 3 is 2.46 bits per heavy atom. The highest BCUT2D eigenvalue weighted by Crippen LogP contribution is 2.35. The largest absolute Gasteiger partial charge is 0.369 e. The lowest BCUT2D eigenvalue weighted by molar-refractivity contribution is -0.119. The second kappa shape index (κ2) is 13.9. The van der Waals surface area contributed by atoms with Crippen molar-refractivity contribution in [2.45, 2.75) is 71.5 Å². The first-order chi connectivity index (χ1) is 18.6. The number of halogens is 1. The van der Waals surface area contributed by atoms with Gasteiger partial charge in [-0.15, -0.1) is 0 Å². The molecule has 2 unspecified atom stereocenters. The van der Waals surface area contributed by atoms with E-state index >= 15 is 0 Å². The molecular weight excluding hydrogens is 512 g/mol. The average molecular weight is 555 g/mol. The van der Waals surface area contributed by atoms with E-state index in [2.05, 4.69) is 52.1 Å². The van der Waals surface area contributed by atoms with Crippen molar-refractivity contribution in [2.75, 3.05) is 32.1 Å². The van der Waals surface area contributed by atoms with Gasteiger partial charge < -0.3 is 16.0 Å². The van der Waals surface area contributed by atoms with Gasteiger partial charge in [0.1, 0.15) is 0 Å². The lowest BCUT2D eigenvalue weighted by Crippen LogP contribution is -2.44. The fraction of sp³-hybridized carbons (Fsp3) is 0.533. The summed E-state index contributed by atoms with van der Waals surface area (Å²) in [6.45, 7) is 8.98. The van der Waals surface area contributed by atoms with Crippen molar-refractivity contribution in [2.24, 2.45) is 16.6 Å². The lowest BCUT2D eigenvalue weighted by Gasteiger charge is -2.42. The van der Waals surface area contributed by atoms with Crippen LogP contribution in [0, 0.1) is 12.8 Å². The minimum absolute atomic E-state index is 0.0884. The third-order valence-electron chi connectivity index (χ3n) is 8.37. The highest BCUT2D eigenvalue weighted by Gasteiger charge is 2.31. The Hall–Kier alpha value is -2.97. The number of nitrogens with one attached hydrogen (secondary N) is 1. The van der Waals surface area contributed by atoms with E-state index in [1.165, 1.54) is 5.56 Å². The number of aromatic nitrogens is 1. The van der Waals surface area contributed by atoms with Gasteiger partial charge in [0.15, 0.2) is 0 Å². The molecule has 212 valence electrons. The van der Waals surface area contributed by atoms with Crippen LogP contribution in [0.3, 0.4) is 0 Å². The topological polar surface area (TPSA) is 104 Å². The molecule has 1 aromatic carbocycles. The van der Waals surface area contributed by atoms with Crippen LogP contribution in [0.2, 0.25) is 5.02 Å². The highest BCUT2D eigenvalue weighted by molar-refractivity contribution is 6.31. The molecule has 0 aliphatic heterocycles. The maximum absolute atomic E-state index is 13.2. The fourth-order valence-corrected chi connectivity index (χ4v) is 5.89. The average Bonchev–Trinajstić information content (AvgIpc) is 2.94. The molecule has 2 amide bonds. The molecule has 39 heavy (non-hydrogen) atoms. The first-order valence-corrected chi connectivity index (χ1v) is 14.2. The van der Waals surface area contributed by atoms with Crippen LogP contribution in [-0.4, -0.2) is 66.7 Å². The first-order valence-electron chi connectivity index (χ1n) is 13.8. The van der Waals surface area contributed by atoms with Gasteiger partial charge in [-0.05, 0) is 89.8 Å². The molecule has 1 saturated carbocycles. The molecule has 0 radical (unpaired) electrons. The standard InChI is InChI=1S/C30H43ClN6O2/c1-7-37(25-12-10-24(11-13-25)36(6)21(4)22-9-8-14-34-17-22)28-16-23(31)15-26(19(28)2)30(39)35-18-27(29(32)38)20(3)33-5/h8-9,14-17,21,24-25,27H,7,10-13,18H2,1-6H3,(H2,32,38)(H,35,39). The lowest BCUT2D eigenvalue weighted by atomic mass is 9.87. The third-order valence-corrected chi connectivity index (χ3v) is 8.59. The van der Waals surface area contributed by atoms with Gasteiger partial charge in [-0.2, -0.15) is 0 Å². The zero-order chi connectivity index (χ0) is 28.7. The van der Waals surface area contributed by atoms with Gasteiger partial charge in [0.2, 0.25) is 5.91 Å².